The predicted molar refractivity (Wildman–Crippen MR) is 118 cm³/mol. The first-order valence-corrected chi connectivity index (χ1v) is 10.4. The van der Waals surface area contributed by atoms with Crippen molar-refractivity contribution in [2.24, 2.45) is 5.92 Å². The van der Waals surface area contributed by atoms with E-state index in [0.29, 0.717) is 31.6 Å². The minimum Gasteiger partial charge on any atom is -0.348 e. The van der Waals surface area contributed by atoms with Gasteiger partial charge < -0.3 is 16.0 Å². The maximum Gasteiger partial charge on any atom is 0.266 e. The zero-order valence-electron chi connectivity index (χ0n) is 18.4. The van der Waals surface area contributed by atoms with Gasteiger partial charge in [0.15, 0.2) is 10.7 Å². The number of hydrogen-bond donors (Lipinski definition) is 5. The van der Waals surface area contributed by atoms with E-state index in [0.717, 1.165) is 5.56 Å². The van der Waals surface area contributed by atoms with Gasteiger partial charge in [-0.1, -0.05) is 62.9 Å². The van der Waals surface area contributed by atoms with Crippen molar-refractivity contribution >= 4 is 17.8 Å². The number of carbonyl (C=O) groups excluding carboxylic acids is 2. The third-order valence-corrected chi connectivity index (χ3v) is 4.44. The molecule has 1 aromatic rings. The van der Waals surface area contributed by atoms with Gasteiger partial charge in [-0.05, 0) is 37.2 Å². The molecule has 1 atom stereocenters. The highest BCUT2D eigenvalue weighted by atomic mass is 16.7. The molecular formula is C21H33N6O4. The Bertz CT molecular complexity index is 741. The smallest absolute Gasteiger partial charge is 0.266 e. The molecule has 1 aromatic carbocycles. The van der Waals surface area contributed by atoms with Crippen LogP contribution < -0.4 is 21.4 Å². The minimum atomic E-state index is -1.69. The van der Waals surface area contributed by atoms with Gasteiger partial charge in [0.05, 0.1) is 0 Å². The number of hydrazine groups is 1. The number of guanidine groups is 1. The van der Waals surface area contributed by atoms with Crippen molar-refractivity contribution in [1.82, 2.24) is 21.4 Å². The standard InChI is InChI=1S/C21H33N6O4/c1-4-14-21(25-20(22)26-27(30)31,19(29)23-15-13-16(2)3)24-18(28)12-8-11-17-9-6-5-7-10-17/h5-7,9-10,15-16H,4,8,11-14H2,1-3H3,(H,23,29)(H,24,28)(H3,22,25,26)/t21-/m1/s1. The van der Waals surface area contributed by atoms with Gasteiger partial charge in [-0.25, -0.2) is 10.1 Å². The molecule has 31 heavy (non-hydrogen) atoms. The van der Waals surface area contributed by atoms with Crippen molar-refractivity contribution in [3.8, 4) is 0 Å². The van der Waals surface area contributed by atoms with Crippen LogP contribution in [0, 0.1) is 28.0 Å². The number of aryl methyl sites for hydroxylation is 1. The van der Waals surface area contributed by atoms with E-state index in [1.165, 1.54) is 0 Å². The summed E-state index contributed by atoms with van der Waals surface area (Å²) in [4.78, 5) is 36.3. The Morgan fingerprint density at radius 3 is 2.48 bits per heavy atom. The van der Waals surface area contributed by atoms with Crippen molar-refractivity contribution in [1.29, 1.82) is 5.41 Å². The lowest BCUT2D eigenvalue weighted by molar-refractivity contribution is -0.526. The fourth-order valence-electron chi connectivity index (χ4n) is 3.00. The third-order valence-electron chi connectivity index (χ3n) is 4.44. The van der Waals surface area contributed by atoms with Crippen molar-refractivity contribution < 1.29 is 14.6 Å². The summed E-state index contributed by atoms with van der Waals surface area (Å²) in [6, 6.07) is 9.73. The molecule has 171 valence electrons. The molecule has 1 radical (unpaired) electrons. The van der Waals surface area contributed by atoms with Crippen LogP contribution in [-0.4, -0.2) is 28.5 Å². The number of rotatable bonds is 13. The van der Waals surface area contributed by atoms with Gasteiger partial charge in [-0.2, -0.15) is 0 Å². The number of carbonyl (C=O) groups is 2. The van der Waals surface area contributed by atoms with Gasteiger partial charge >= 0.3 is 0 Å². The van der Waals surface area contributed by atoms with Crippen LogP contribution in [0.2, 0.25) is 0 Å². The van der Waals surface area contributed by atoms with E-state index in [4.69, 9.17) is 5.41 Å². The molecule has 0 aromatic heterocycles. The Kier molecular flexibility index (Phi) is 11.0. The second kappa shape index (κ2) is 13.2. The molecule has 0 heterocycles. The highest BCUT2D eigenvalue weighted by Crippen LogP contribution is 2.13. The van der Waals surface area contributed by atoms with Gasteiger partial charge in [0, 0.05) is 13.0 Å². The molecule has 0 aliphatic carbocycles. The van der Waals surface area contributed by atoms with E-state index < -0.39 is 22.6 Å². The van der Waals surface area contributed by atoms with Gasteiger partial charge in [0.25, 0.3) is 11.9 Å². The summed E-state index contributed by atoms with van der Waals surface area (Å²) in [5, 5.41) is 25.4. The molecule has 0 aliphatic rings. The average molecular weight is 434 g/mol. The molecule has 5 N–H and O–H groups in total. The highest BCUT2D eigenvalue weighted by molar-refractivity contribution is 5.95. The molecule has 0 unspecified atom stereocenters. The molecule has 0 bridgehead atoms. The Morgan fingerprint density at radius 1 is 1.23 bits per heavy atom. The van der Waals surface area contributed by atoms with Crippen molar-refractivity contribution in [2.75, 3.05) is 0 Å². The van der Waals surface area contributed by atoms with Crippen molar-refractivity contribution in [3.05, 3.63) is 52.6 Å². The quantitative estimate of drug-likeness (QED) is 0.106. The van der Waals surface area contributed by atoms with E-state index in [9.17, 15) is 19.7 Å². The fourth-order valence-corrected chi connectivity index (χ4v) is 3.00. The first-order chi connectivity index (χ1) is 14.7. The lowest BCUT2D eigenvalue weighted by Crippen LogP contribution is -2.69. The second-order valence-electron chi connectivity index (χ2n) is 7.72. The Morgan fingerprint density at radius 2 is 1.90 bits per heavy atom. The summed E-state index contributed by atoms with van der Waals surface area (Å²) in [5.74, 6) is -1.34. The molecule has 1 rings (SSSR count). The molecule has 2 amide bonds. The predicted octanol–water partition coefficient (Wildman–Crippen LogP) is 2.25. The lowest BCUT2D eigenvalue weighted by Gasteiger charge is -2.34. The average Bonchev–Trinajstić information content (AvgIpc) is 2.67. The maximum atomic E-state index is 13.0. The van der Waals surface area contributed by atoms with E-state index in [-0.39, 0.29) is 18.7 Å². The van der Waals surface area contributed by atoms with Gasteiger partial charge in [0.1, 0.15) is 0 Å². The molecule has 10 nitrogen and oxygen atoms in total. The minimum absolute atomic E-state index is 0.139. The molecule has 0 fully saturated rings. The van der Waals surface area contributed by atoms with Gasteiger partial charge in [-0.3, -0.25) is 15.0 Å². The van der Waals surface area contributed by atoms with E-state index in [1.54, 1.807) is 12.0 Å². The summed E-state index contributed by atoms with van der Waals surface area (Å²) < 4.78 is 0. The van der Waals surface area contributed by atoms with Gasteiger partial charge in [0.2, 0.25) is 5.91 Å². The Balaban J connectivity index is 2.88. The van der Waals surface area contributed by atoms with Gasteiger partial charge in [-0.15, -0.1) is 0 Å². The van der Waals surface area contributed by atoms with E-state index in [2.05, 4.69) is 16.0 Å². The van der Waals surface area contributed by atoms with Crippen LogP contribution in [0.5, 0.6) is 0 Å². The summed E-state index contributed by atoms with van der Waals surface area (Å²) in [5.41, 5.74) is 1.09. The molecular weight excluding hydrogens is 400 g/mol. The number of amides is 2. The largest absolute Gasteiger partial charge is 0.348 e. The van der Waals surface area contributed by atoms with Crippen LogP contribution in [0.4, 0.5) is 0 Å². The van der Waals surface area contributed by atoms with E-state index >= 15 is 0 Å². The fraction of sp³-hybridized carbons (Fsp3) is 0.524. The second-order valence-corrected chi connectivity index (χ2v) is 7.72. The first-order valence-electron chi connectivity index (χ1n) is 10.4. The summed E-state index contributed by atoms with van der Waals surface area (Å²) in [6.45, 7) is 7.38. The topological polar surface area (TPSA) is 149 Å². The lowest BCUT2D eigenvalue weighted by atomic mass is 10.0. The third kappa shape index (κ3) is 9.92. The molecule has 10 heteroatoms. The number of nitrogens with one attached hydrogen (secondary N) is 5. The van der Waals surface area contributed by atoms with E-state index in [1.807, 2.05) is 51.1 Å². The molecule has 0 aliphatic heterocycles. The first kappa shape index (κ1) is 25.9. The zero-order valence-corrected chi connectivity index (χ0v) is 18.4. The van der Waals surface area contributed by atoms with Crippen LogP contribution in [-0.2, 0) is 16.0 Å². The molecule has 0 saturated carbocycles. The summed E-state index contributed by atoms with van der Waals surface area (Å²) in [7, 11) is 0. The number of benzene rings is 1. The van der Waals surface area contributed by atoms with Crippen LogP contribution in [0.1, 0.15) is 58.4 Å². The Labute approximate surface area is 183 Å². The number of nitro groups is 1. The normalized spacial score (nSPS) is 12.5. The Hall–Kier alpha value is -3.17. The van der Waals surface area contributed by atoms with Crippen molar-refractivity contribution in [2.45, 2.75) is 65.0 Å². The summed E-state index contributed by atoms with van der Waals surface area (Å²) in [6.07, 6.45) is 2.69. The van der Waals surface area contributed by atoms with Crippen LogP contribution in [0.3, 0.4) is 0 Å². The molecule has 0 saturated heterocycles. The number of hydrogen-bond acceptors (Lipinski definition) is 5. The maximum absolute atomic E-state index is 13.0. The molecule has 0 spiro atoms. The zero-order chi connectivity index (χ0) is 23.3. The van der Waals surface area contributed by atoms with Crippen LogP contribution in [0.15, 0.2) is 30.3 Å². The van der Waals surface area contributed by atoms with Crippen LogP contribution >= 0.6 is 0 Å². The van der Waals surface area contributed by atoms with Crippen LogP contribution in [0.25, 0.3) is 0 Å². The monoisotopic (exact) mass is 433 g/mol. The SMILES string of the molecule is CCC[C@](NC(=N)N[N+](=O)[O-])(NC(=O)CCCc1ccccc1)C(=O)N[CH]CC(C)C. The highest BCUT2D eigenvalue weighted by Gasteiger charge is 2.40. The number of nitrogens with zero attached hydrogens (tertiary/aromatic N) is 1. The summed E-state index contributed by atoms with van der Waals surface area (Å²) >= 11 is 0. The van der Waals surface area contributed by atoms with Crippen molar-refractivity contribution in [3.63, 3.8) is 0 Å².